The molecule has 8 heteroatoms. The minimum absolute atomic E-state index is 0.0237. The molecule has 0 saturated heterocycles. The number of nitrogens with one attached hydrogen (secondary N) is 3. The van der Waals surface area contributed by atoms with Crippen molar-refractivity contribution >= 4 is 33.2 Å². The number of fused-ring (bicyclic) bond motifs is 1. The van der Waals surface area contributed by atoms with Crippen LogP contribution in [0.5, 0.6) is 0 Å². The quantitative estimate of drug-likeness (QED) is 0.551. The predicted octanol–water partition coefficient (Wildman–Crippen LogP) is 3.47. The monoisotopic (exact) mass is 435 g/mol. The fourth-order valence-electron chi connectivity index (χ4n) is 3.45. The molecule has 1 atom stereocenters. The van der Waals surface area contributed by atoms with Crippen molar-refractivity contribution in [2.24, 2.45) is 0 Å². The molecule has 0 saturated carbocycles. The van der Waals surface area contributed by atoms with E-state index >= 15 is 0 Å². The zero-order valence-corrected chi connectivity index (χ0v) is 17.6. The second-order valence-corrected chi connectivity index (χ2v) is 8.98. The van der Waals surface area contributed by atoms with Gasteiger partial charge < -0.3 is 10.6 Å². The Bertz CT molecular complexity index is 1260. The predicted molar refractivity (Wildman–Crippen MR) is 118 cm³/mol. The number of para-hydroxylation sites is 1. The highest BCUT2D eigenvalue weighted by molar-refractivity contribution is 7.92. The number of carbonyl (C=O) groups excluding carboxylic acids is 2. The highest BCUT2D eigenvalue weighted by Gasteiger charge is 2.23. The summed E-state index contributed by atoms with van der Waals surface area (Å²) in [6, 6.07) is 20.1. The Morgan fingerprint density at radius 2 is 1.71 bits per heavy atom. The molecule has 0 bridgehead atoms. The smallest absolute Gasteiger partial charge is 0.261 e. The summed E-state index contributed by atoms with van der Waals surface area (Å²) in [7, 11) is -3.96. The Balaban J connectivity index is 1.56. The molecular formula is C23H21N3O4S. The van der Waals surface area contributed by atoms with Crippen molar-refractivity contribution in [3.63, 3.8) is 0 Å². The molecule has 3 N–H and O–H groups in total. The molecule has 7 nitrogen and oxygen atoms in total. The lowest BCUT2D eigenvalue weighted by Crippen LogP contribution is -2.28. The molecule has 0 fully saturated rings. The molecule has 3 aromatic carbocycles. The summed E-state index contributed by atoms with van der Waals surface area (Å²) in [5, 5.41) is 5.57. The number of benzene rings is 3. The molecule has 0 unspecified atom stereocenters. The first-order chi connectivity index (χ1) is 14.8. The molecule has 2 amide bonds. The van der Waals surface area contributed by atoms with E-state index in [1.54, 1.807) is 24.3 Å². The highest BCUT2D eigenvalue weighted by atomic mass is 32.2. The fraction of sp³-hybridized carbons (Fsp3) is 0.130. The Morgan fingerprint density at radius 3 is 2.48 bits per heavy atom. The number of hydrogen-bond acceptors (Lipinski definition) is 4. The first-order valence-electron chi connectivity index (χ1n) is 9.74. The molecule has 0 radical (unpaired) electrons. The maximum absolute atomic E-state index is 13.0. The number of anilines is 2. The minimum atomic E-state index is -3.96. The van der Waals surface area contributed by atoms with Crippen LogP contribution in [0.1, 0.15) is 34.5 Å². The van der Waals surface area contributed by atoms with Crippen molar-refractivity contribution in [3.05, 3.63) is 89.5 Å². The molecule has 1 aliphatic heterocycles. The SMILES string of the molecule is C[C@H](NC(=O)c1ccccc1NS(=O)(=O)c1ccc2c(c1)CC(=O)N2)c1ccccc1. The van der Waals surface area contributed by atoms with Crippen LogP contribution in [0.3, 0.4) is 0 Å². The maximum Gasteiger partial charge on any atom is 0.261 e. The number of rotatable bonds is 6. The summed E-state index contributed by atoms with van der Waals surface area (Å²) >= 11 is 0. The second-order valence-electron chi connectivity index (χ2n) is 7.30. The van der Waals surface area contributed by atoms with Crippen LogP contribution in [0.25, 0.3) is 0 Å². The highest BCUT2D eigenvalue weighted by Crippen LogP contribution is 2.27. The van der Waals surface area contributed by atoms with Gasteiger partial charge in [0.2, 0.25) is 5.91 Å². The van der Waals surface area contributed by atoms with Crippen LogP contribution in [-0.4, -0.2) is 20.2 Å². The van der Waals surface area contributed by atoms with E-state index in [2.05, 4.69) is 15.4 Å². The Labute approximate surface area is 180 Å². The third kappa shape index (κ3) is 4.44. The van der Waals surface area contributed by atoms with Gasteiger partial charge in [0.15, 0.2) is 0 Å². The molecule has 0 spiro atoms. The van der Waals surface area contributed by atoms with Crippen LogP contribution in [0.2, 0.25) is 0 Å². The van der Waals surface area contributed by atoms with Crippen molar-refractivity contribution in [2.45, 2.75) is 24.3 Å². The lowest BCUT2D eigenvalue weighted by Gasteiger charge is -2.17. The summed E-state index contributed by atoms with van der Waals surface area (Å²) in [4.78, 5) is 24.4. The van der Waals surface area contributed by atoms with Crippen LogP contribution in [0, 0.1) is 0 Å². The van der Waals surface area contributed by atoms with Crippen LogP contribution in [0.15, 0.2) is 77.7 Å². The van der Waals surface area contributed by atoms with E-state index in [0.29, 0.717) is 11.3 Å². The van der Waals surface area contributed by atoms with Crippen molar-refractivity contribution in [1.82, 2.24) is 5.32 Å². The van der Waals surface area contributed by atoms with E-state index in [0.717, 1.165) is 5.56 Å². The van der Waals surface area contributed by atoms with Gasteiger partial charge in [-0.1, -0.05) is 42.5 Å². The number of carbonyl (C=O) groups is 2. The zero-order valence-electron chi connectivity index (χ0n) is 16.8. The first kappa shape index (κ1) is 20.6. The van der Waals surface area contributed by atoms with E-state index in [1.807, 2.05) is 37.3 Å². The second kappa shape index (κ2) is 8.23. The summed E-state index contributed by atoms with van der Waals surface area (Å²) in [6.45, 7) is 1.86. The van der Waals surface area contributed by atoms with Gasteiger partial charge in [-0.25, -0.2) is 8.42 Å². The average Bonchev–Trinajstić information content (AvgIpc) is 3.13. The van der Waals surface area contributed by atoms with E-state index in [9.17, 15) is 18.0 Å². The average molecular weight is 436 g/mol. The topological polar surface area (TPSA) is 104 Å². The van der Waals surface area contributed by atoms with E-state index in [4.69, 9.17) is 0 Å². The Kier molecular flexibility index (Phi) is 5.48. The molecule has 0 aliphatic carbocycles. The van der Waals surface area contributed by atoms with Gasteiger partial charge >= 0.3 is 0 Å². The van der Waals surface area contributed by atoms with Gasteiger partial charge in [-0.05, 0) is 48.4 Å². The molecule has 31 heavy (non-hydrogen) atoms. The van der Waals surface area contributed by atoms with Gasteiger partial charge in [-0.3, -0.25) is 14.3 Å². The number of hydrogen-bond donors (Lipinski definition) is 3. The third-order valence-corrected chi connectivity index (χ3v) is 6.44. The Morgan fingerprint density at radius 1 is 1.00 bits per heavy atom. The zero-order chi connectivity index (χ0) is 22.0. The van der Waals surface area contributed by atoms with E-state index in [1.165, 1.54) is 18.2 Å². The molecule has 4 rings (SSSR count). The maximum atomic E-state index is 13.0. The largest absolute Gasteiger partial charge is 0.345 e. The minimum Gasteiger partial charge on any atom is -0.345 e. The van der Waals surface area contributed by atoms with Gasteiger partial charge in [-0.2, -0.15) is 0 Å². The van der Waals surface area contributed by atoms with Crippen molar-refractivity contribution in [2.75, 3.05) is 10.0 Å². The van der Waals surface area contributed by atoms with Crippen LogP contribution in [-0.2, 0) is 21.2 Å². The van der Waals surface area contributed by atoms with Gasteiger partial charge in [-0.15, -0.1) is 0 Å². The number of sulfonamides is 1. The van der Waals surface area contributed by atoms with Gasteiger partial charge in [0.1, 0.15) is 0 Å². The summed E-state index contributed by atoms with van der Waals surface area (Å²) in [6.07, 6.45) is 0.134. The summed E-state index contributed by atoms with van der Waals surface area (Å²) < 4.78 is 28.4. The fourth-order valence-corrected chi connectivity index (χ4v) is 4.58. The molecule has 1 aliphatic rings. The standard InChI is InChI=1S/C23H21N3O4S/c1-15(16-7-3-2-4-8-16)24-23(28)19-9-5-6-10-21(19)26-31(29,30)18-11-12-20-17(13-18)14-22(27)25-20/h2-13,15,26H,14H2,1H3,(H,24,28)(H,25,27)/t15-/m0/s1. The lowest BCUT2D eigenvalue weighted by atomic mass is 10.1. The van der Waals surface area contributed by atoms with Gasteiger partial charge in [0.05, 0.1) is 28.6 Å². The van der Waals surface area contributed by atoms with Crippen LogP contribution < -0.4 is 15.4 Å². The Hall–Kier alpha value is -3.65. The molecule has 1 heterocycles. The van der Waals surface area contributed by atoms with Crippen molar-refractivity contribution in [1.29, 1.82) is 0 Å². The van der Waals surface area contributed by atoms with E-state index < -0.39 is 15.9 Å². The molecule has 158 valence electrons. The molecule has 3 aromatic rings. The summed E-state index contributed by atoms with van der Waals surface area (Å²) in [5.41, 5.74) is 2.56. The summed E-state index contributed by atoms with van der Waals surface area (Å²) in [5.74, 6) is -0.564. The van der Waals surface area contributed by atoms with Crippen molar-refractivity contribution in [3.8, 4) is 0 Å². The third-order valence-electron chi connectivity index (χ3n) is 5.08. The van der Waals surface area contributed by atoms with Gasteiger partial charge in [0, 0.05) is 5.69 Å². The lowest BCUT2D eigenvalue weighted by molar-refractivity contribution is -0.115. The normalized spacial score (nSPS) is 13.8. The number of amides is 2. The van der Waals surface area contributed by atoms with Crippen molar-refractivity contribution < 1.29 is 18.0 Å². The van der Waals surface area contributed by atoms with E-state index in [-0.39, 0.29) is 34.5 Å². The van der Waals surface area contributed by atoms with Crippen LogP contribution >= 0.6 is 0 Å². The molecule has 0 aromatic heterocycles. The van der Waals surface area contributed by atoms with Crippen LogP contribution in [0.4, 0.5) is 11.4 Å². The first-order valence-corrected chi connectivity index (χ1v) is 11.2. The molecular weight excluding hydrogens is 414 g/mol. The van der Waals surface area contributed by atoms with Gasteiger partial charge in [0.25, 0.3) is 15.9 Å².